The second kappa shape index (κ2) is 7.92. The van der Waals surface area contributed by atoms with Gasteiger partial charge in [0.25, 0.3) is 0 Å². The Hall–Kier alpha value is -4.00. The zero-order chi connectivity index (χ0) is 18.3. The van der Waals surface area contributed by atoms with Crippen LogP contribution in [0, 0.1) is 0 Å². The van der Waals surface area contributed by atoms with E-state index in [4.69, 9.17) is 0 Å². The smallest absolute Gasteiger partial charge is 0.240 e. The lowest BCUT2D eigenvalue weighted by molar-refractivity contribution is 0.947. The Morgan fingerprint density at radius 2 is 1.15 bits per heavy atom. The van der Waals surface area contributed by atoms with Gasteiger partial charge in [0.1, 0.15) is 25.3 Å². The highest BCUT2D eigenvalue weighted by Gasteiger charge is 2.19. The first-order valence-electron chi connectivity index (χ1n) is 8.28. The monoisotopic (exact) mass is 353 g/mol. The van der Waals surface area contributed by atoms with Crippen LogP contribution < -0.4 is 4.90 Å². The lowest BCUT2D eigenvalue weighted by Crippen LogP contribution is -2.17. The van der Waals surface area contributed by atoms with Crippen molar-refractivity contribution in [3.05, 3.63) is 91.0 Å². The first-order chi connectivity index (χ1) is 13.4. The van der Waals surface area contributed by atoms with E-state index in [0.717, 1.165) is 16.8 Å². The zero-order valence-corrected chi connectivity index (χ0v) is 14.3. The van der Waals surface area contributed by atoms with Crippen LogP contribution in [0.25, 0.3) is 12.2 Å². The quantitative estimate of drug-likeness (QED) is 0.506. The number of nitrogens with zero attached hydrogens (tertiary/aromatic N) is 7. The highest BCUT2D eigenvalue weighted by molar-refractivity contribution is 5.81. The van der Waals surface area contributed by atoms with Gasteiger partial charge in [-0.2, -0.15) is 0 Å². The van der Waals surface area contributed by atoms with Crippen molar-refractivity contribution in [2.45, 2.75) is 0 Å². The Morgan fingerprint density at radius 3 is 1.78 bits per heavy atom. The molecule has 4 aromatic rings. The van der Waals surface area contributed by atoms with Crippen LogP contribution >= 0.6 is 0 Å². The van der Waals surface area contributed by atoms with Gasteiger partial charge in [-0.3, -0.25) is 0 Å². The van der Waals surface area contributed by atoms with Crippen molar-refractivity contribution in [1.82, 2.24) is 29.9 Å². The van der Waals surface area contributed by atoms with Crippen molar-refractivity contribution in [3.63, 3.8) is 0 Å². The molecule has 7 nitrogen and oxygen atoms in total. The minimum Gasteiger partial charge on any atom is -0.246 e. The molecule has 27 heavy (non-hydrogen) atoms. The maximum absolute atomic E-state index is 4.27. The summed E-state index contributed by atoms with van der Waals surface area (Å²) in [6.45, 7) is 0. The van der Waals surface area contributed by atoms with Crippen molar-refractivity contribution in [1.29, 1.82) is 0 Å². The molecule has 0 fully saturated rings. The van der Waals surface area contributed by atoms with Crippen LogP contribution in [0.4, 0.5) is 17.6 Å². The van der Waals surface area contributed by atoms with E-state index < -0.39 is 0 Å². The van der Waals surface area contributed by atoms with Crippen LogP contribution in [-0.4, -0.2) is 29.9 Å². The molecule has 0 radical (unpaired) electrons. The van der Waals surface area contributed by atoms with Crippen LogP contribution in [0.1, 0.15) is 11.1 Å². The van der Waals surface area contributed by atoms with Crippen LogP contribution in [0.5, 0.6) is 0 Å². The second-order valence-corrected chi connectivity index (χ2v) is 5.51. The summed E-state index contributed by atoms with van der Waals surface area (Å²) in [5.74, 6) is 0.855. The summed E-state index contributed by atoms with van der Waals surface area (Å²) in [6, 6.07) is 18.0. The Labute approximate surface area is 156 Å². The number of hydrogen-bond acceptors (Lipinski definition) is 7. The molecular weight excluding hydrogens is 338 g/mol. The second-order valence-electron chi connectivity index (χ2n) is 5.51. The lowest BCUT2D eigenvalue weighted by atomic mass is 10.1. The van der Waals surface area contributed by atoms with Crippen molar-refractivity contribution >= 4 is 29.7 Å². The number of anilines is 3. The third kappa shape index (κ3) is 3.82. The fraction of sp³-hybridized carbons (Fsp3) is 0. The SMILES string of the molecule is C(=C\c1ccccc1N(c1ncncn1)c1ncncn1)/c1ccccc1. The lowest BCUT2D eigenvalue weighted by Gasteiger charge is -2.21. The fourth-order valence-corrected chi connectivity index (χ4v) is 2.58. The fourth-order valence-electron chi connectivity index (χ4n) is 2.58. The molecule has 0 bridgehead atoms. The van der Waals surface area contributed by atoms with Gasteiger partial charge in [-0.05, 0) is 17.2 Å². The van der Waals surface area contributed by atoms with Gasteiger partial charge in [0, 0.05) is 0 Å². The molecule has 7 heteroatoms. The van der Waals surface area contributed by atoms with Gasteiger partial charge in [-0.1, -0.05) is 60.7 Å². The van der Waals surface area contributed by atoms with E-state index in [0.29, 0.717) is 11.9 Å². The Kier molecular flexibility index (Phi) is 4.83. The summed E-state index contributed by atoms with van der Waals surface area (Å²) in [6.07, 6.45) is 9.87. The summed E-state index contributed by atoms with van der Waals surface area (Å²) in [4.78, 5) is 26.6. The van der Waals surface area contributed by atoms with Gasteiger partial charge in [-0.15, -0.1) is 0 Å². The highest BCUT2D eigenvalue weighted by atomic mass is 15.3. The van der Waals surface area contributed by atoms with E-state index >= 15 is 0 Å². The molecule has 0 unspecified atom stereocenters. The molecule has 130 valence electrons. The third-order valence-electron chi connectivity index (χ3n) is 3.79. The van der Waals surface area contributed by atoms with E-state index in [2.05, 4.69) is 48.1 Å². The van der Waals surface area contributed by atoms with E-state index in [1.807, 2.05) is 48.5 Å². The van der Waals surface area contributed by atoms with Crippen molar-refractivity contribution in [3.8, 4) is 0 Å². The van der Waals surface area contributed by atoms with Crippen molar-refractivity contribution in [2.75, 3.05) is 4.90 Å². The molecule has 0 saturated heterocycles. The Bertz CT molecular complexity index is 982. The van der Waals surface area contributed by atoms with Crippen LogP contribution in [0.2, 0.25) is 0 Å². The van der Waals surface area contributed by atoms with Gasteiger partial charge in [0.2, 0.25) is 11.9 Å². The van der Waals surface area contributed by atoms with Crippen LogP contribution in [0.15, 0.2) is 79.9 Å². The molecular formula is C20H15N7. The highest BCUT2D eigenvalue weighted by Crippen LogP contribution is 2.32. The summed E-state index contributed by atoms with van der Waals surface area (Å²) in [5.41, 5.74) is 2.93. The molecule has 2 aromatic carbocycles. The van der Waals surface area contributed by atoms with E-state index in [-0.39, 0.29) is 0 Å². The van der Waals surface area contributed by atoms with Gasteiger partial charge >= 0.3 is 0 Å². The molecule has 0 atom stereocenters. The molecule has 4 rings (SSSR count). The number of benzene rings is 2. The molecule has 0 spiro atoms. The van der Waals surface area contributed by atoms with Gasteiger partial charge < -0.3 is 0 Å². The average Bonchev–Trinajstić information content (AvgIpc) is 2.76. The first-order valence-corrected chi connectivity index (χ1v) is 8.28. The Balaban J connectivity index is 1.81. The number of rotatable bonds is 5. The van der Waals surface area contributed by atoms with Crippen molar-refractivity contribution in [2.24, 2.45) is 0 Å². The molecule has 0 aliphatic carbocycles. The molecule has 0 saturated carbocycles. The van der Waals surface area contributed by atoms with Crippen molar-refractivity contribution < 1.29 is 0 Å². The van der Waals surface area contributed by atoms with E-state index in [1.54, 1.807) is 4.90 Å². The maximum atomic E-state index is 4.27. The minimum atomic E-state index is 0.428. The molecule has 0 aliphatic heterocycles. The standard InChI is InChI=1S/C20H15N7/c1-2-6-16(7-3-1)10-11-17-8-4-5-9-18(17)27(19-23-12-21-13-24-19)20-25-14-22-15-26-20/h1-15H/b11-10+. The maximum Gasteiger partial charge on any atom is 0.240 e. The molecule has 0 amide bonds. The van der Waals surface area contributed by atoms with Crippen LogP contribution in [0.3, 0.4) is 0 Å². The molecule has 0 aliphatic rings. The number of aromatic nitrogens is 6. The molecule has 2 aromatic heterocycles. The summed E-state index contributed by atoms with van der Waals surface area (Å²) < 4.78 is 0. The third-order valence-corrected chi connectivity index (χ3v) is 3.79. The number of para-hydroxylation sites is 1. The van der Waals surface area contributed by atoms with Gasteiger partial charge in [-0.25, -0.2) is 34.8 Å². The average molecular weight is 353 g/mol. The van der Waals surface area contributed by atoms with E-state index in [9.17, 15) is 0 Å². The predicted octanol–water partition coefficient (Wildman–Crippen LogP) is 3.70. The predicted molar refractivity (Wildman–Crippen MR) is 103 cm³/mol. The normalized spacial score (nSPS) is 10.8. The molecule has 0 N–H and O–H groups in total. The summed E-state index contributed by atoms with van der Waals surface area (Å²) >= 11 is 0. The van der Waals surface area contributed by atoms with Gasteiger partial charge in [0.05, 0.1) is 5.69 Å². The van der Waals surface area contributed by atoms with E-state index in [1.165, 1.54) is 25.3 Å². The summed E-state index contributed by atoms with van der Waals surface area (Å²) in [5, 5.41) is 0. The summed E-state index contributed by atoms with van der Waals surface area (Å²) in [7, 11) is 0. The Morgan fingerprint density at radius 1 is 0.593 bits per heavy atom. The number of hydrogen-bond donors (Lipinski definition) is 0. The largest absolute Gasteiger partial charge is 0.246 e. The van der Waals surface area contributed by atoms with Crippen LogP contribution in [-0.2, 0) is 0 Å². The zero-order valence-electron chi connectivity index (χ0n) is 14.3. The minimum absolute atomic E-state index is 0.428. The first kappa shape index (κ1) is 16.5. The van der Waals surface area contributed by atoms with Gasteiger partial charge in [0.15, 0.2) is 0 Å². The topological polar surface area (TPSA) is 80.6 Å². The molecule has 2 heterocycles.